The van der Waals surface area contributed by atoms with Gasteiger partial charge in [0.25, 0.3) is 0 Å². The van der Waals surface area contributed by atoms with Gasteiger partial charge in [-0.2, -0.15) is 0 Å². The third kappa shape index (κ3) is 5.24. The van der Waals surface area contributed by atoms with Gasteiger partial charge in [-0.1, -0.05) is 35.5 Å². The van der Waals surface area contributed by atoms with Crippen LogP contribution in [0.1, 0.15) is 18.5 Å². The fourth-order valence-electron chi connectivity index (χ4n) is 3.74. The molecule has 2 aromatic heterocycles. The highest BCUT2D eigenvalue weighted by molar-refractivity contribution is 7.98. The Morgan fingerprint density at radius 1 is 1.12 bits per heavy atom. The number of ether oxygens (including phenoxy) is 2. The number of thioether (sulfide) groups is 1. The molecule has 0 spiro atoms. The van der Waals surface area contributed by atoms with Gasteiger partial charge >= 0.3 is 0 Å². The topological polar surface area (TPSA) is 62.1 Å². The molecule has 0 saturated carbocycles. The van der Waals surface area contributed by atoms with Crippen molar-refractivity contribution < 1.29 is 9.47 Å². The van der Waals surface area contributed by atoms with Crippen LogP contribution in [0, 0.1) is 0 Å². The highest BCUT2D eigenvalue weighted by atomic mass is 35.5. The van der Waals surface area contributed by atoms with Gasteiger partial charge in [-0.15, -0.1) is 21.5 Å². The van der Waals surface area contributed by atoms with E-state index in [2.05, 4.69) is 20.1 Å². The number of hydrogen-bond acceptors (Lipinski definition) is 7. The zero-order valence-electron chi connectivity index (χ0n) is 18.1. The molecule has 9 heteroatoms. The van der Waals surface area contributed by atoms with Crippen LogP contribution >= 0.6 is 34.7 Å². The number of nitrogens with zero attached hydrogens (tertiary/aromatic N) is 4. The first-order valence-corrected chi connectivity index (χ1v) is 13.0. The van der Waals surface area contributed by atoms with Crippen molar-refractivity contribution >= 4 is 34.7 Å². The van der Waals surface area contributed by atoms with Crippen molar-refractivity contribution in [2.45, 2.75) is 36.4 Å². The summed E-state index contributed by atoms with van der Waals surface area (Å²) in [6, 6.07) is 15.7. The van der Waals surface area contributed by atoms with E-state index in [0.717, 1.165) is 75.3 Å². The summed E-state index contributed by atoms with van der Waals surface area (Å²) in [7, 11) is 1.67. The van der Waals surface area contributed by atoms with Gasteiger partial charge < -0.3 is 9.47 Å². The standard InChI is InChI=1S/C24H23ClN4O2S2/c1-30-20-10-6-16(7-11-20)22-27-28-24(29(22)13-21-3-2-12-31-21)33-15-19-14-32-23(26-19)17-4-8-18(25)9-5-17/h4-11,14,21H,2-3,12-13,15H2,1H3. The van der Waals surface area contributed by atoms with Crippen LogP contribution in [0.4, 0.5) is 0 Å². The van der Waals surface area contributed by atoms with Crippen molar-refractivity contribution in [3.05, 3.63) is 64.6 Å². The molecule has 1 aliphatic rings. The fraction of sp³-hybridized carbons (Fsp3) is 0.292. The summed E-state index contributed by atoms with van der Waals surface area (Å²) in [5.74, 6) is 2.38. The summed E-state index contributed by atoms with van der Waals surface area (Å²) in [5.41, 5.74) is 3.10. The quantitative estimate of drug-likeness (QED) is 0.269. The molecule has 1 saturated heterocycles. The molecule has 1 aliphatic heterocycles. The number of thiazole rings is 1. The SMILES string of the molecule is COc1ccc(-c2nnc(SCc3csc(-c4ccc(Cl)cc4)n3)n2CC2CCCO2)cc1. The number of rotatable bonds is 8. The highest BCUT2D eigenvalue weighted by Crippen LogP contribution is 2.31. The van der Waals surface area contributed by atoms with Crippen LogP contribution in [-0.2, 0) is 17.0 Å². The van der Waals surface area contributed by atoms with Gasteiger partial charge in [0.2, 0.25) is 0 Å². The smallest absolute Gasteiger partial charge is 0.191 e. The molecular weight excluding hydrogens is 476 g/mol. The van der Waals surface area contributed by atoms with Gasteiger partial charge in [0, 0.05) is 33.9 Å². The van der Waals surface area contributed by atoms with Crippen LogP contribution in [0.5, 0.6) is 5.75 Å². The number of halogens is 1. The van der Waals surface area contributed by atoms with Crippen molar-refractivity contribution in [1.82, 2.24) is 19.7 Å². The minimum Gasteiger partial charge on any atom is -0.497 e. The molecule has 170 valence electrons. The van der Waals surface area contributed by atoms with E-state index in [9.17, 15) is 0 Å². The Balaban J connectivity index is 1.36. The predicted molar refractivity (Wildman–Crippen MR) is 133 cm³/mol. The second kappa shape index (κ2) is 10.3. The molecule has 6 nitrogen and oxygen atoms in total. The number of benzene rings is 2. The minimum absolute atomic E-state index is 0.188. The lowest BCUT2D eigenvalue weighted by Crippen LogP contribution is -2.16. The minimum atomic E-state index is 0.188. The molecular formula is C24H23ClN4O2S2. The van der Waals surface area contributed by atoms with Gasteiger partial charge in [0.15, 0.2) is 11.0 Å². The molecule has 1 unspecified atom stereocenters. The van der Waals surface area contributed by atoms with E-state index in [0.29, 0.717) is 0 Å². The summed E-state index contributed by atoms with van der Waals surface area (Å²) >= 11 is 9.30. The van der Waals surface area contributed by atoms with E-state index in [1.54, 1.807) is 30.2 Å². The predicted octanol–water partition coefficient (Wildman–Crippen LogP) is 6.20. The molecule has 33 heavy (non-hydrogen) atoms. The molecule has 1 fully saturated rings. The summed E-state index contributed by atoms with van der Waals surface area (Å²) in [5, 5.41) is 13.7. The lowest BCUT2D eigenvalue weighted by atomic mass is 10.2. The van der Waals surface area contributed by atoms with Gasteiger partial charge in [-0.05, 0) is 49.2 Å². The summed E-state index contributed by atoms with van der Waals surface area (Å²) < 4.78 is 13.4. The van der Waals surface area contributed by atoms with Crippen molar-refractivity contribution in [1.29, 1.82) is 0 Å². The van der Waals surface area contributed by atoms with Gasteiger partial charge in [-0.3, -0.25) is 4.57 Å². The monoisotopic (exact) mass is 498 g/mol. The summed E-state index contributed by atoms with van der Waals surface area (Å²) in [4.78, 5) is 4.80. The van der Waals surface area contributed by atoms with E-state index in [-0.39, 0.29) is 6.10 Å². The van der Waals surface area contributed by atoms with Gasteiger partial charge in [0.05, 0.1) is 25.5 Å². The van der Waals surface area contributed by atoms with Crippen molar-refractivity contribution in [2.24, 2.45) is 0 Å². The lowest BCUT2D eigenvalue weighted by molar-refractivity contribution is 0.0953. The molecule has 0 bridgehead atoms. The van der Waals surface area contributed by atoms with Crippen LogP contribution in [0.3, 0.4) is 0 Å². The normalized spacial score (nSPS) is 15.8. The molecule has 1 atom stereocenters. The first-order chi connectivity index (χ1) is 16.2. The largest absolute Gasteiger partial charge is 0.497 e. The zero-order chi connectivity index (χ0) is 22.6. The van der Waals surface area contributed by atoms with Gasteiger partial charge in [0.1, 0.15) is 10.8 Å². The van der Waals surface area contributed by atoms with E-state index in [1.807, 2.05) is 48.5 Å². The average Bonchev–Trinajstić information content (AvgIpc) is 3.61. The molecule has 5 rings (SSSR count). The lowest BCUT2D eigenvalue weighted by Gasteiger charge is -2.14. The van der Waals surface area contributed by atoms with E-state index in [1.165, 1.54) is 0 Å². The Labute approximate surface area is 205 Å². The number of methoxy groups -OCH3 is 1. The Bertz CT molecular complexity index is 1200. The molecule has 0 radical (unpaired) electrons. The van der Waals surface area contributed by atoms with E-state index < -0.39 is 0 Å². The highest BCUT2D eigenvalue weighted by Gasteiger charge is 2.22. The maximum atomic E-state index is 6.01. The first-order valence-electron chi connectivity index (χ1n) is 10.7. The van der Waals surface area contributed by atoms with Crippen molar-refractivity contribution in [3.63, 3.8) is 0 Å². The fourth-order valence-corrected chi connectivity index (χ4v) is 5.64. The Morgan fingerprint density at radius 2 is 1.91 bits per heavy atom. The van der Waals surface area contributed by atoms with Crippen LogP contribution in [0.15, 0.2) is 59.1 Å². The van der Waals surface area contributed by atoms with E-state index >= 15 is 0 Å². The maximum Gasteiger partial charge on any atom is 0.191 e. The second-order valence-corrected chi connectivity index (χ2v) is 9.96. The van der Waals surface area contributed by atoms with E-state index in [4.69, 9.17) is 26.1 Å². The van der Waals surface area contributed by atoms with Crippen molar-refractivity contribution in [3.8, 4) is 27.7 Å². The Morgan fingerprint density at radius 3 is 2.64 bits per heavy atom. The van der Waals surface area contributed by atoms with Crippen LogP contribution in [0.2, 0.25) is 5.02 Å². The van der Waals surface area contributed by atoms with Crippen LogP contribution in [-0.4, -0.2) is 39.6 Å². The Hall–Kier alpha value is -2.39. The molecule has 0 amide bonds. The Kier molecular flexibility index (Phi) is 6.96. The zero-order valence-corrected chi connectivity index (χ0v) is 20.5. The maximum absolute atomic E-state index is 6.01. The number of aromatic nitrogens is 4. The average molecular weight is 499 g/mol. The molecule has 0 N–H and O–H groups in total. The van der Waals surface area contributed by atoms with Crippen LogP contribution < -0.4 is 4.74 Å². The first kappa shape index (κ1) is 22.4. The van der Waals surface area contributed by atoms with Gasteiger partial charge in [-0.25, -0.2) is 4.98 Å². The molecule has 0 aliphatic carbocycles. The number of hydrogen-bond donors (Lipinski definition) is 0. The summed E-state index contributed by atoms with van der Waals surface area (Å²) in [6.07, 6.45) is 2.34. The third-order valence-corrected chi connectivity index (χ3v) is 7.66. The summed E-state index contributed by atoms with van der Waals surface area (Å²) in [6.45, 7) is 1.56. The molecule has 4 aromatic rings. The molecule has 3 heterocycles. The van der Waals surface area contributed by atoms with Crippen molar-refractivity contribution in [2.75, 3.05) is 13.7 Å². The second-order valence-electron chi connectivity index (χ2n) is 7.72. The third-order valence-electron chi connectivity index (χ3n) is 5.47. The molecule has 2 aromatic carbocycles. The van der Waals surface area contributed by atoms with Crippen LogP contribution in [0.25, 0.3) is 22.0 Å².